The third kappa shape index (κ3) is 2.05. The molecule has 5 nitrogen and oxygen atoms in total. The molecule has 0 fully saturated rings. The lowest BCUT2D eigenvalue weighted by atomic mass is 10.1. The highest BCUT2D eigenvalue weighted by Crippen LogP contribution is 2.38. The van der Waals surface area contributed by atoms with Gasteiger partial charge in [-0.05, 0) is 13.0 Å². The number of aryl methyl sites for hydroxylation is 1. The molecular weight excluding hydrogens is 298 g/mol. The monoisotopic (exact) mass is 309 g/mol. The van der Waals surface area contributed by atoms with Gasteiger partial charge in [0.15, 0.2) is 5.78 Å². The molecule has 3 rings (SSSR count). The van der Waals surface area contributed by atoms with E-state index in [1.165, 1.54) is 11.3 Å². The second kappa shape index (κ2) is 5.03. The number of nitrogens with one attached hydrogen (secondary N) is 1. The molecule has 1 N–H and O–H groups in total. The van der Waals surface area contributed by atoms with Gasteiger partial charge in [-0.3, -0.25) is 14.3 Å². The summed E-state index contributed by atoms with van der Waals surface area (Å²) in [7, 11) is 0. The van der Waals surface area contributed by atoms with Gasteiger partial charge in [0.2, 0.25) is 0 Å². The number of hydrogen-bond acceptors (Lipinski definition) is 4. The van der Waals surface area contributed by atoms with Gasteiger partial charge in [0.05, 0.1) is 26.7 Å². The van der Waals surface area contributed by atoms with Gasteiger partial charge in [-0.2, -0.15) is 5.10 Å². The first-order chi connectivity index (χ1) is 9.61. The lowest BCUT2D eigenvalue weighted by Gasteiger charge is -2.02. The van der Waals surface area contributed by atoms with Crippen molar-refractivity contribution in [3.05, 3.63) is 27.0 Å². The van der Waals surface area contributed by atoms with Crippen molar-refractivity contribution in [3.8, 4) is 11.3 Å². The maximum Gasteiger partial charge on any atom is 0.261 e. The van der Waals surface area contributed by atoms with Gasteiger partial charge in [0, 0.05) is 25.1 Å². The van der Waals surface area contributed by atoms with Crippen molar-refractivity contribution >= 4 is 34.6 Å². The maximum atomic E-state index is 12.2. The summed E-state index contributed by atoms with van der Waals surface area (Å²) in [6, 6.07) is 1.73. The van der Waals surface area contributed by atoms with Crippen LogP contribution < -0.4 is 5.32 Å². The first kappa shape index (κ1) is 13.3. The molecule has 3 heterocycles. The Morgan fingerprint density at radius 3 is 3.15 bits per heavy atom. The minimum absolute atomic E-state index is 0.0297. The molecule has 0 radical (unpaired) electrons. The fourth-order valence-electron chi connectivity index (χ4n) is 2.25. The van der Waals surface area contributed by atoms with Crippen molar-refractivity contribution in [2.45, 2.75) is 19.9 Å². The van der Waals surface area contributed by atoms with Crippen LogP contribution in [0, 0.1) is 0 Å². The van der Waals surface area contributed by atoms with Crippen LogP contribution in [0.5, 0.6) is 0 Å². The second-order valence-corrected chi connectivity index (χ2v) is 5.91. The molecule has 7 heteroatoms. The van der Waals surface area contributed by atoms with E-state index >= 15 is 0 Å². The third-order valence-electron chi connectivity index (χ3n) is 3.15. The number of hydrogen-bond donors (Lipinski definition) is 1. The van der Waals surface area contributed by atoms with E-state index in [2.05, 4.69) is 10.4 Å². The summed E-state index contributed by atoms with van der Waals surface area (Å²) in [4.78, 5) is 25.2. The molecule has 0 bridgehead atoms. The molecule has 0 aromatic carbocycles. The molecule has 0 saturated heterocycles. The van der Waals surface area contributed by atoms with Gasteiger partial charge >= 0.3 is 0 Å². The van der Waals surface area contributed by atoms with Crippen LogP contribution in [0.4, 0.5) is 0 Å². The fraction of sp³-hybridized carbons (Fsp3) is 0.308. The molecule has 0 unspecified atom stereocenters. The Kier molecular flexibility index (Phi) is 3.35. The zero-order valence-electron chi connectivity index (χ0n) is 10.8. The number of Topliss-reactive ketones (excluding diaryl/α,β-unsaturated/α-hetero) is 1. The Bertz CT molecular complexity index is 705. The highest BCUT2D eigenvalue weighted by Gasteiger charge is 2.27. The van der Waals surface area contributed by atoms with Gasteiger partial charge < -0.3 is 5.32 Å². The van der Waals surface area contributed by atoms with Gasteiger partial charge in [-0.25, -0.2) is 0 Å². The van der Waals surface area contributed by atoms with Crippen LogP contribution in [0.15, 0.2) is 12.3 Å². The van der Waals surface area contributed by atoms with Crippen LogP contribution in [0.2, 0.25) is 5.02 Å². The molecule has 104 valence electrons. The zero-order chi connectivity index (χ0) is 14.3. The number of ketones is 1. The predicted molar refractivity (Wildman–Crippen MR) is 77.5 cm³/mol. The van der Waals surface area contributed by atoms with E-state index in [0.29, 0.717) is 39.9 Å². The SMILES string of the molecule is CCNC(=O)c1cc2c(s1)C(=O)CCn1ncc(Cl)c1-2. The summed E-state index contributed by atoms with van der Waals surface area (Å²) >= 11 is 7.38. The van der Waals surface area contributed by atoms with E-state index in [9.17, 15) is 9.59 Å². The Hall–Kier alpha value is -1.66. The summed E-state index contributed by atoms with van der Waals surface area (Å²) in [6.07, 6.45) is 1.94. The number of thiophene rings is 1. The molecule has 2 aromatic heterocycles. The third-order valence-corrected chi connectivity index (χ3v) is 4.60. The maximum absolute atomic E-state index is 12.2. The highest BCUT2D eigenvalue weighted by atomic mass is 35.5. The number of carbonyl (C=O) groups excluding carboxylic acids is 2. The highest BCUT2D eigenvalue weighted by molar-refractivity contribution is 7.16. The average Bonchev–Trinajstić information content (AvgIpc) is 2.97. The molecule has 1 amide bonds. The number of carbonyl (C=O) groups is 2. The molecule has 0 aliphatic carbocycles. The molecule has 20 heavy (non-hydrogen) atoms. The number of aromatic nitrogens is 2. The summed E-state index contributed by atoms with van der Waals surface area (Å²) < 4.78 is 1.72. The minimum Gasteiger partial charge on any atom is -0.352 e. The predicted octanol–water partition coefficient (Wildman–Crippen LogP) is 2.60. The van der Waals surface area contributed by atoms with Gasteiger partial charge in [-0.1, -0.05) is 11.6 Å². The lowest BCUT2D eigenvalue weighted by molar-refractivity contribution is 0.0958. The first-order valence-electron chi connectivity index (χ1n) is 6.28. The van der Waals surface area contributed by atoms with E-state index in [1.54, 1.807) is 16.9 Å². The van der Waals surface area contributed by atoms with Gasteiger partial charge in [0.25, 0.3) is 5.91 Å². The van der Waals surface area contributed by atoms with Gasteiger partial charge in [0.1, 0.15) is 0 Å². The molecule has 2 aromatic rings. The molecule has 0 saturated carbocycles. The van der Waals surface area contributed by atoms with Crippen molar-refractivity contribution in [2.75, 3.05) is 6.54 Å². The number of nitrogens with zero attached hydrogens (tertiary/aromatic N) is 2. The van der Waals surface area contributed by atoms with Crippen LogP contribution in [0.1, 0.15) is 32.7 Å². The molecular formula is C13H12ClN3O2S. The molecule has 0 spiro atoms. The summed E-state index contributed by atoms with van der Waals surface area (Å²) in [6.45, 7) is 2.92. The van der Waals surface area contributed by atoms with E-state index in [0.717, 1.165) is 5.69 Å². The van der Waals surface area contributed by atoms with Crippen LogP contribution in [0.3, 0.4) is 0 Å². The fourth-order valence-corrected chi connectivity index (χ4v) is 3.54. The average molecular weight is 310 g/mol. The smallest absolute Gasteiger partial charge is 0.261 e. The summed E-state index contributed by atoms with van der Waals surface area (Å²) in [5.41, 5.74) is 1.43. The van der Waals surface area contributed by atoms with E-state index in [4.69, 9.17) is 11.6 Å². The van der Waals surface area contributed by atoms with Crippen LogP contribution >= 0.6 is 22.9 Å². The summed E-state index contributed by atoms with van der Waals surface area (Å²) in [5, 5.41) is 7.42. The van der Waals surface area contributed by atoms with E-state index in [1.807, 2.05) is 6.92 Å². The topological polar surface area (TPSA) is 64.0 Å². The molecule has 1 aliphatic heterocycles. The quantitative estimate of drug-likeness (QED) is 0.927. The van der Waals surface area contributed by atoms with Crippen molar-refractivity contribution in [2.24, 2.45) is 0 Å². The number of amides is 1. The number of rotatable bonds is 2. The van der Waals surface area contributed by atoms with Crippen molar-refractivity contribution < 1.29 is 9.59 Å². The number of fused-ring (bicyclic) bond motifs is 3. The van der Waals surface area contributed by atoms with Crippen molar-refractivity contribution in [1.82, 2.24) is 15.1 Å². The molecule has 0 atom stereocenters. The standard InChI is InChI=1S/C13H12ClN3O2S/c1-2-15-13(19)10-5-7-11-8(14)6-16-17(11)4-3-9(18)12(7)20-10/h5-6H,2-4H2,1H3,(H,15,19). The Morgan fingerprint density at radius 2 is 2.40 bits per heavy atom. The van der Waals surface area contributed by atoms with Crippen molar-refractivity contribution in [1.29, 1.82) is 0 Å². The Morgan fingerprint density at radius 1 is 1.60 bits per heavy atom. The minimum atomic E-state index is -0.166. The lowest BCUT2D eigenvalue weighted by Crippen LogP contribution is -2.21. The largest absolute Gasteiger partial charge is 0.352 e. The van der Waals surface area contributed by atoms with E-state index < -0.39 is 0 Å². The van der Waals surface area contributed by atoms with Crippen LogP contribution in [-0.4, -0.2) is 28.0 Å². The van der Waals surface area contributed by atoms with Gasteiger partial charge in [-0.15, -0.1) is 11.3 Å². The van der Waals surface area contributed by atoms with Crippen molar-refractivity contribution in [3.63, 3.8) is 0 Å². The van der Waals surface area contributed by atoms with Crippen LogP contribution in [0.25, 0.3) is 11.3 Å². The molecule has 1 aliphatic rings. The Balaban J connectivity index is 2.15. The van der Waals surface area contributed by atoms with E-state index in [-0.39, 0.29) is 11.7 Å². The second-order valence-electron chi connectivity index (χ2n) is 4.45. The normalized spacial score (nSPS) is 13.6. The zero-order valence-corrected chi connectivity index (χ0v) is 12.3. The Labute approximate surface area is 124 Å². The number of halogens is 1. The summed E-state index contributed by atoms with van der Waals surface area (Å²) in [5.74, 6) is -0.136. The first-order valence-corrected chi connectivity index (χ1v) is 7.48. The van der Waals surface area contributed by atoms with Crippen LogP contribution in [-0.2, 0) is 6.54 Å².